The van der Waals surface area contributed by atoms with E-state index in [0.717, 1.165) is 6.42 Å². The zero-order chi connectivity index (χ0) is 16.2. The first-order valence-corrected chi connectivity index (χ1v) is 7.78. The molecule has 2 heterocycles. The summed E-state index contributed by atoms with van der Waals surface area (Å²) in [6.07, 6.45) is 1.31. The van der Waals surface area contributed by atoms with E-state index in [4.69, 9.17) is 0 Å². The maximum absolute atomic E-state index is 14.4. The van der Waals surface area contributed by atoms with E-state index in [0.29, 0.717) is 17.9 Å². The summed E-state index contributed by atoms with van der Waals surface area (Å²) < 4.78 is 15.9. The van der Waals surface area contributed by atoms with Crippen molar-refractivity contribution < 1.29 is 9.18 Å². The zero-order valence-corrected chi connectivity index (χ0v) is 13.0. The normalized spacial score (nSPS) is 28.7. The predicted octanol–water partition coefficient (Wildman–Crippen LogP) is 2.20. The molecule has 7 heteroatoms. The number of nitrogens with zero attached hydrogens (tertiary/aromatic N) is 4. The number of nitrogens with one attached hydrogen (secondary N) is 1. The van der Waals surface area contributed by atoms with Gasteiger partial charge in [-0.15, -0.1) is 0 Å². The van der Waals surface area contributed by atoms with E-state index in [9.17, 15) is 9.18 Å². The number of tetrazole rings is 1. The summed E-state index contributed by atoms with van der Waals surface area (Å²) >= 11 is 0. The monoisotopic (exact) mass is 315 g/mol. The predicted molar refractivity (Wildman–Crippen MR) is 81.3 cm³/mol. The van der Waals surface area contributed by atoms with Crippen LogP contribution in [0.15, 0.2) is 24.3 Å². The summed E-state index contributed by atoms with van der Waals surface area (Å²) in [5.41, 5.74) is 0.381. The Balaban J connectivity index is 1.86. The standard InChI is InChI=1S/C16H18FN5O/c1-16(2)7-11-13(12(23)8-16)14(9-5-3-4-6-10(9)17)22-15(18-11)19-20-21-22/h3-6,11,13-14H,7-8H2,1-2H3,(H,18,19,21). The maximum Gasteiger partial charge on any atom is 0.243 e. The van der Waals surface area contributed by atoms with Gasteiger partial charge in [-0.25, -0.2) is 9.07 Å². The molecule has 2 aliphatic rings. The third-order valence-corrected chi connectivity index (χ3v) is 4.87. The van der Waals surface area contributed by atoms with Crippen LogP contribution < -0.4 is 5.32 Å². The molecule has 0 spiro atoms. The lowest BCUT2D eigenvalue weighted by Crippen LogP contribution is -2.52. The van der Waals surface area contributed by atoms with Crippen LogP contribution in [0.5, 0.6) is 0 Å². The molecule has 1 aliphatic heterocycles. The Hall–Kier alpha value is -2.31. The van der Waals surface area contributed by atoms with E-state index in [1.807, 2.05) is 0 Å². The molecule has 120 valence electrons. The molecule has 0 bridgehead atoms. The van der Waals surface area contributed by atoms with Crippen molar-refractivity contribution in [2.75, 3.05) is 5.32 Å². The first kappa shape index (κ1) is 14.3. The highest BCUT2D eigenvalue weighted by Gasteiger charge is 2.49. The van der Waals surface area contributed by atoms with Gasteiger partial charge in [-0.1, -0.05) is 37.1 Å². The first-order valence-electron chi connectivity index (χ1n) is 7.78. The molecule has 3 atom stereocenters. The molecule has 1 N–H and O–H groups in total. The summed E-state index contributed by atoms with van der Waals surface area (Å²) in [4.78, 5) is 12.8. The summed E-state index contributed by atoms with van der Waals surface area (Å²) in [5.74, 6) is -0.0775. The lowest BCUT2D eigenvalue weighted by molar-refractivity contribution is -0.130. The Morgan fingerprint density at radius 3 is 2.91 bits per heavy atom. The quantitative estimate of drug-likeness (QED) is 0.873. The summed E-state index contributed by atoms with van der Waals surface area (Å²) in [7, 11) is 0. The van der Waals surface area contributed by atoms with E-state index in [2.05, 4.69) is 34.7 Å². The van der Waals surface area contributed by atoms with Gasteiger partial charge in [0, 0.05) is 18.0 Å². The first-order chi connectivity index (χ1) is 11.0. The molecule has 1 saturated carbocycles. The molecule has 0 amide bonds. The van der Waals surface area contributed by atoms with Gasteiger partial charge in [-0.2, -0.15) is 0 Å². The van der Waals surface area contributed by atoms with Crippen molar-refractivity contribution in [2.24, 2.45) is 11.3 Å². The number of hydrogen-bond donors (Lipinski definition) is 1. The van der Waals surface area contributed by atoms with Gasteiger partial charge in [0.15, 0.2) is 0 Å². The van der Waals surface area contributed by atoms with Crippen LogP contribution in [0.2, 0.25) is 0 Å². The second-order valence-corrected chi connectivity index (χ2v) is 7.20. The molecule has 2 aromatic rings. The van der Waals surface area contributed by atoms with Gasteiger partial charge in [-0.3, -0.25) is 4.79 Å². The number of anilines is 1. The minimum absolute atomic E-state index is 0.0827. The fourth-order valence-corrected chi connectivity index (χ4v) is 3.98. The molecule has 4 rings (SSSR count). The van der Waals surface area contributed by atoms with E-state index in [1.165, 1.54) is 10.7 Å². The smallest absolute Gasteiger partial charge is 0.243 e. The van der Waals surface area contributed by atoms with Crippen LogP contribution in [0.3, 0.4) is 0 Å². The van der Waals surface area contributed by atoms with Crippen LogP contribution in [0.25, 0.3) is 0 Å². The number of fused-ring (bicyclic) bond motifs is 2. The van der Waals surface area contributed by atoms with Crippen LogP contribution in [0.1, 0.15) is 38.3 Å². The van der Waals surface area contributed by atoms with Crippen LogP contribution in [0, 0.1) is 17.2 Å². The molecule has 1 aromatic heterocycles. The Morgan fingerprint density at radius 2 is 2.13 bits per heavy atom. The second kappa shape index (κ2) is 4.84. The summed E-state index contributed by atoms with van der Waals surface area (Å²) in [5, 5.41) is 14.9. The number of hydrogen-bond acceptors (Lipinski definition) is 5. The minimum atomic E-state index is -0.504. The number of ketones is 1. The van der Waals surface area contributed by atoms with Crippen molar-refractivity contribution in [3.05, 3.63) is 35.6 Å². The Labute approximate surface area is 133 Å². The van der Waals surface area contributed by atoms with Crippen molar-refractivity contribution in [1.82, 2.24) is 20.2 Å². The Kier molecular flexibility index (Phi) is 3.01. The number of carbonyl (C=O) groups excluding carboxylic acids is 1. The van der Waals surface area contributed by atoms with Crippen LogP contribution in [-0.4, -0.2) is 32.0 Å². The Bertz CT molecular complexity index is 771. The van der Waals surface area contributed by atoms with Crippen molar-refractivity contribution >= 4 is 11.7 Å². The van der Waals surface area contributed by atoms with Gasteiger partial charge in [0.2, 0.25) is 5.95 Å². The van der Waals surface area contributed by atoms with E-state index >= 15 is 0 Å². The van der Waals surface area contributed by atoms with Gasteiger partial charge >= 0.3 is 0 Å². The van der Waals surface area contributed by atoms with Gasteiger partial charge < -0.3 is 5.32 Å². The van der Waals surface area contributed by atoms with Gasteiger partial charge in [-0.05, 0) is 28.3 Å². The van der Waals surface area contributed by atoms with Gasteiger partial charge in [0.25, 0.3) is 0 Å². The fraction of sp³-hybridized carbons (Fsp3) is 0.500. The topological polar surface area (TPSA) is 72.7 Å². The molecule has 0 saturated heterocycles. The third-order valence-electron chi connectivity index (χ3n) is 4.87. The fourth-order valence-electron chi connectivity index (χ4n) is 3.98. The molecule has 1 aliphatic carbocycles. The molecular weight excluding hydrogens is 297 g/mol. The molecular formula is C16H18FN5O. The lowest BCUT2D eigenvalue weighted by atomic mass is 9.66. The van der Waals surface area contributed by atoms with E-state index < -0.39 is 6.04 Å². The highest BCUT2D eigenvalue weighted by Crippen LogP contribution is 2.46. The largest absolute Gasteiger partial charge is 0.349 e. The number of rotatable bonds is 1. The van der Waals surface area contributed by atoms with Gasteiger partial charge in [0.05, 0.1) is 12.0 Å². The highest BCUT2D eigenvalue weighted by molar-refractivity contribution is 5.85. The maximum atomic E-state index is 14.4. The van der Waals surface area contributed by atoms with Crippen molar-refractivity contribution in [3.63, 3.8) is 0 Å². The lowest BCUT2D eigenvalue weighted by Gasteiger charge is -2.45. The average Bonchev–Trinajstić information content (AvgIpc) is 2.92. The number of halogens is 1. The van der Waals surface area contributed by atoms with Crippen LogP contribution in [-0.2, 0) is 4.79 Å². The number of Topliss-reactive ketones (excluding diaryl/α,β-unsaturated/α-hetero) is 1. The highest BCUT2D eigenvalue weighted by atomic mass is 19.1. The molecule has 1 fully saturated rings. The third kappa shape index (κ3) is 2.22. The number of benzene rings is 1. The number of carbonyl (C=O) groups is 1. The molecule has 1 aromatic carbocycles. The SMILES string of the molecule is CC1(C)CC(=O)C2C(C1)Nc1nnnn1C2c1ccccc1F. The van der Waals surface area contributed by atoms with E-state index in [-0.39, 0.29) is 29.0 Å². The zero-order valence-electron chi connectivity index (χ0n) is 13.0. The number of aromatic nitrogens is 4. The van der Waals surface area contributed by atoms with Crippen molar-refractivity contribution in [2.45, 2.75) is 38.8 Å². The average molecular weight is 315 g/mol. The van der Waals surface area contributed by atoms with E-state index in [1.54, 1.807) is 18.2 Å². The van der Waals surface area contributed by atoms with Gasteiger partial charge in [0.1, 0.15) is 11.6 Å². The van der Waals surface area contributed by atoms with Crippen molar-refractivity contribution in [3.8, 4) is 0 Å². The van der Waals surface area contributed by atoms with Crippen molar-refractivity contribution in [1.29, 1.82) is 0 Å². The van der Waals surface area contributed by atoms with Crippen LogP contribution in [0.4, 0.5) is 10.3 Å². The summed E-state index contributed by atoms with van der Waals surface area (Å²) in [6, 6.07) is 5.94. The molecule has 23 heavy (non-hydrogen) atoms. The molecule has 6 nitrogen and oxygen atoms in total. The Morgan fingerprint density at radius 1 is 1.35 bits per heavy atom. The minimum Gasteiger partial charge on any atom is -0.349 e. The summed E-state index contributed by atoms with van der Waals surface area (Å²) in [6.45, 7) is 4.16. The van der Waals surface area contributed by atoms with Crippen LogP contribution >= 0.6 is 0 Å². The second-order valence-electron chi connectivity index (χ2n) is 7.20. The molecule has 3 unspecified atom stereocenters. The molecule has 0 radical (unpaired) electrons.